The van der Waals surface area contributed by atoms with E-state index in [1.165, 1.54) is 4.90 Å². The van der Waals surface area contributed by atoms with Gasteiger partial charge in [-0.2, -0.15) is 5.10 Å². The van der Waals surface area contributed by atoms with E-state index in [4.69, 9.17) is 9.47 Å². The number of carbonyl (C=O) groups excluding carboxylic acids is 2. The van der Waals surface area contributed by atoms with Gasteiger partial charge in [0.2, 0.25) is 0 Å². The van der Waals surface area contributed by atoms with Crippen LogP contribution in [0.2, 0.25) is 0 Å². The molecular formula is C23H25N3O4. The Kier molecular flexibility index (Phi) is 6.51. The first-order valence-electron chi connectivity index (χ1n) is 9.57. The molecule has 3 aromatic rings. The predicted octanol–water partition coefficient (Wildman–Crippen LogP) is 3.31. The topological polar surface area (TPSA) is 73.7 Å². The normalized spacial score (nSPS) is 10.5. The second-order valence-corrected chi connectivity index (χ2v) is 6.93. The molecule has 7 nitrogen and oxygen atoms in total. The Balaban J connectivity index is 1.65. The van der Waals surface area contributed by atoms with Crippen molar-refractivity contribution in [1.82, 2.24) is 14.7 Å². The SMILES string of the molecule is COc1ccccc1CN(C)C(=O)COC(=O)c1c(C)nn(-c2ccccc2)c1C. The molecule has 3 rings (SSSR count). The number of ether oxygens (including phenoxy) is 2. The molecule has 1 aromatic heterocycles. The smallest absolute Gasteiger partial charge is 0.342 e. The Morgan fingerprint density at radius 3 is 2.40 bits per heavy atom. The largest absolute Gasteiger partial charge is 0.496 e. The number of hydrogen-bond donors (Lipinski definition) is 0. The van der Waals surface area contributed by atoms with Crippen LogP contribution in [-0.2, 0) is 16.1 Å². The summed E-state index contributed by atoms with van der Waals surface area (Å²) in [6, 6.07) is 17.0. The number of esters is 1. The van der Waals surface area contributed by atoms with Gasteiger partial charge in [0.15, 0.2) is 6.61 Å². The van der Waals surface area contributed by atoms with Crippen molar-refractivity contribution in [1.29, 1.82) is 0 Å². The monoisotopic (exact) mass is 407 g/mol. The number of benzene rings is 2. The second-order valence-electron chi connectivity index (χ2n) is 6.93. The molecule has 2 aromatic carbocycles. The van der Waals surface area contributed by atoms with Crippen LogP contribution in [0.25, 0.3) is 5.69 Å². The molecule has 0 spiro atoms. The van der Waals surface area contributed by atoms with Crippen LogP contribution in [0.4, 0.5) is 0 Å². The van der Waals surface area contributed by atoms with Crippen LogP contribution in [0.1, 0.15) is 27.3 Å². The molecule has 0 aliphatic heterocycles. The first-order chi connectivity index (χ1) is 14.4. The van der Waals surface area contributed by atoms with Crippen LogP contribution >= 0.6 is 0 Å². The highest BCUT2D eigenvalue weighted by molar-refractivity contribution is 5.93. The lowest BCUT2D eigenvalue weighted by atomic mass is 10.2. The second kappa shape index (κ2) is 9.26. The summed E-state index contributed by atoms with van der Waals surface area (Å²) in [4.78, 5) is 26.6. The van der Waals surface area contributed by atoms with Gasteiger partial charge in [0.05, 0.1) is 24.2 Å². The third-order valence-electron chi connectivity index (χ3n) is 4.85. The van der Waals surface area contributed by atoms with Gasteiger partial charge < -0.3 is 14.4 Å². The van der Waals surface area contributed by atoms with Gasteiger partial charge in [-0.3, -0.25) is 4.79 Å². The van der Waals surface area contributed by atoms with Crippen molar-refractivity contribution < 1.29 is 19.1 Å². The fourth-order valence-corrected chi connectivity index (χ4v) is 3.25. The van der Waals surface area contributed by atoms with Crippen molar-refractivity contribution in [3.8, 4) is 11.4 Å². The van der Waals surface area contributed by atoms with E-state index in [1.807, 2.05) is 54.6 Å². The van der Waals surface area contributed by atoms with E-state index in [1.54, 1.807) is 32.7 Å². The Hall–Kier alpha value is -3.61. The van der Waals surface area contributed by atoms with Crippen LogP contribution in [0.3, 0.4) is 0 Å². The number of para-hydroxylation sites is 2. The minimum Gasteiger partial charge on any atom is -0.496 e. The van der Waals surface area contributed by atoms with Gasteiger partial charge >= 0.3 is 5.97 Å². The summed E-state index contributed by atoms with van der Waals surface area (Å²) in [6.07, 6.45) is 0. The van der Waals surface area contributed by atoms with Gasteiger partial charge in [-0.05, 0) is 32.0 Å². The Labute approximate surface area is 175 Å². The number of amides is 1. The molecule has 1 heterocycles. The number of aromatic nitrogens is 2. The fourth-order valence-electron chi connectivity index (χ4n) is 3.25. The van der Waals surface area contributed by atoms with E-state index in [9.17, 15) is 9.59 Å². The molecule has 0 radical (unpaired) electrons. The zero-order valence-corrected chi connectivity index (χ0v) is 17.6. The molecule has 0 saturated heterocycles. The van der Waals surface area contributed by atoms with Gasteiger partial charge in [0.25, 0.3) is 5.91 Å². The zero-order valence-electron chi connectivity index (χ0n) is 17.6. The molecule has 0 aliphatic rings. The summed E-state index contributed by atoms with van der Waals surface area (Å²) >= 11 is 0. The average Bonchev–Trinajstić information content (AvgIpc) is 3.06. The molecule has 1 amide bonds. The van der Waals surface area contributed by atoms with E-state index in [-0.39, 0.29) is 12.5 Å². The number of rotatable bonds is 7. The van der Waals surface area contributed by atoms with Crippen molar-refractivity contribution >= 4 is 11.9 Å². The van der Waals surface area contributed by atoms with Crippen LogP contribution < -0.4 is 4.74 Å². The summed E-state index contributed by atoms with van der Waals surface area (Å²) in [5.41, 5.74) is 3.32. The number of carbonyl (C=O) groups is 2. The number of hydrogen-bond acceptors (Lipinski definition) is 5. The Morgan fingerprint density at radius 1 is 1.03 bits per heavy atom. The van der Waals surface area contributed by atoms with Gasteiger partial charge in [0.1, 0.15) is 11.3 Å². The average molecular weight is 407 g/mol. The number of aryl methyl sites for hydroxylation is 1. The predicted molar refractivity (Wildman–Crippen MR) is 113 cm³/mol. The maximum Gasteiger partial charge on any atom is 0.342 e. The maximum atomic E-state index is 12.7. The fraction of sp³-hybridized carbons (Fsp3) is 0.261. The highest BCUT2D eigenvalue weighted by Crippen LogP contribution is 2.20. The first kappa shape index (κ1) is 21.1. The highest BCUT2D eigenvalue weighted by atomic mass is 16.5. The minimum atomic E-state index is -0.564. The first-order valence-corrected chi connectivity index (χ1v) is 9.57. The molecule has 7 heteroatoms. The zero-order chi connectivity index (χ0) is 21.7. The minimum absolute atomic E-state index is 0.306. The van der Waals surface area contributed by atoms with Gasteiger partial charge in [-0.25, -0.2) is 9.48 Å². The van der Waals surface area contributed by atoms with E-state index in [2.05, 4.69) is 5.10 Å². The van der Waals surface area contributed by atoms with Crippen molar-refractivity contribution in [2.24, 2.45) is 0 Å². The van der Waals surface area contributed by atoms with Crippen LogP contribution in [0.5, 0.6) is 5.75 Å². The molecule has 156 valence electrons. The Bertz CT molecular complexity index is 1040. The van der Waals surface area contributed by atoms with Gasteiger partial charge in [-0.15, -0.1) is 0 Å². The van der Waals surface area contributed by atoms with E-state index >= 15 is 0 Å². The molecule has 0 aliphatic carbocycles. The van der Waals surface area contributed by atoms with Gasteiger partial charge in [-0.1, -0.05) is 36.4 Å². The van der Waals surface area contributed by atoms with Crippen LogP contribution in [-0.4, -0.2) is 47.3 Å². The van der Waals surface area contributed by atoms with Crippen molar-refractivity contribution in [2.75, 3.05) is 20.8 Å². The third kappa shape index (κ3) is 4.51. The standard InChI is InChI=1S/C23H25N3O4/c1-16-22(17(2)26(24-16)19-11-6-5-7-12-19)23(28)30-15-21(27)25(3)14-18-10-8-9-13-20(18)29-4/h5-13H,14-15H2,1-4H3. The molecule has 0 bridgehead atoms. The summed E-state index contributed by atoms with van der Waals surface area (Å²) < 4.78 is 12.3. The third-order valence-corrected chi connectivity index (χ3v) is 4.85. The lowest BCUT2D eigenvalue weighted by Crippen LogP contribution is -2.31. The molecular weight excluding hydrogens is 382 g/mol. The molecule has 0 N–H and O–H groups in total. The molecule has 30 heavy (non-hydrogen) atoms. The molecule has 0 unspecified atom stereocenters. The van der Waals surface area contributed by atoms with E-state index in [0.717, 1.165) is 11.3 Å². The lowest BCUT2D eigenvalue weighted by molar-refractivity contribution is -0.133. The van der Waals surface area contributed by atoms with Crippen LogP contribution in [0, 0.1) is 13.8 Å². The summed E-state index contributed by atoms with van der Waals surface area (Å²) in [6.45, 7) is 3.56. The van der Waals surface area contributed by atoms with E-state index in [0.29, 0.717) is 29.2 Å². The Morgan fingerprint density at radius 2 is 1.70 bits per heavy atom. The highest BCUT2D eigenvalue weighted by Gasteiger charge is 2.22. The summed E-state index contributed by atoms with van der Waals surface area (Å²) in [5.74, 6) is -0.167. The van der Waals surface area contributed by atoms with Crippen molar-refractivity contribution in [3.63, 3.8) is 0 Å². The summed E-state index contributed by atoms with van der Waals surface area (Å²) in [7, 11) is 3.25. The summed E-state index contributed by atoms with van der Waals surface area (Å²) in [5, 5.41) is 4.45. The lowest BCUT2D eigenvalue weighted by Gasteiger charge is -2.18. The number of likely N-dealkylation sites (N-methyl/N-ethyl adjacent to an activating group) is 1. The van der Waals surface area contributed by atoms with Crippen LogP contribution in [0.15, 0.2) is 54.6 Å². The van der Waals surface area contributed by atoms with Gasteiger partial charge in [0, 0.05) is 19.2 Å². The molecule has 0 fully saturated rings. The maximum absolute atomic E-state index is 12.7. The quantitative estimate of drug-likeness (QED) is 0.562. The molecule has 0 saturated carbocycles. The molecule has 0 atom stereocenters. The van der Waals surface area contributed by atoms with Crippen molar-refractivity contribution in [2.45, 2.75) is 20.4 Å². The van der Waals surface area contributed by atoms with Crippen molar-refractivity contribution in [3.05, 3.63) is 77.1 Å². The number of nitrogens with zero attached hydrogens (tertiary/aromatic N) is 3. The van der Waals surface area contributed by atoms with E-state index < -0.39 is 5.97 Å². The number of methoxy groups -OCH3 is 1.